The first-order valence-corrected chi connectivity index (χ1v) is 5.98. The molecular weight excluding hydrogens is 242 g/mol. The lowest BCUT2D eigenvalue weighted by molar-refractivity contribution is 0.0957. The molecular formula is C14H17N3O2. The van der Waals surface area contributed by atoms with Crippen LogP contribution in [-0.4, -0.2) is 32.2 Å². The van der Waals surface area contributed by atoms with Crippen molar-refractivity contribution in [2.24, 2.45) is 0 Å². The quantitative estimate of drug-likeness (QED) is 0.848. The molecule has 0 unspecified atom stereocenters. The molecule has 0 saturated carbocycles. The first kappa shape index (κ1) is 13.1. The minimum Gasteiger partial charge on any atom is -0.378 e. The number of amides is 1. The van der Waals surface area contributed by atoms with Crippen molar-refractivity contribution in [1.29, 1.82) is 0 Å². The van der Waals surface area contributed by atoms with Crippen molar-refractivity contribution in [3.8, 4) is 0 Å². The van der Waals surface area contributed by atoms with Gasteiger partial charge in [-0.1, -0.05) is 5.16 Å². The summed E-state index contributed by atoms with van der Waals surface area (Å²) in [5, 5.41) is 3.72. The lowest BCUT2D eigenvalue weighted by Gasteiger charge is -2.18. The average Bonchev–Trinajstić information content (AvgIpc) is 2.84. The third kappa shape index (κ3) is 2.76. The Hall–Kier alpha value is -2.30. The van der Waals surface area contributed by atoms with E-state index in [2.05, 4.69) is 5.16 Å². The number of nitrogens with zero attached hydrogens (tertiary/aromatic N) is 3. The molecule has 100 valence electrons. The first-order valence-electron chi connectivity index (χ1n) is 5.98. The van der Waals surface area contributed by atoms with Gasteiger partial charge in [0.2, 0.25) is 5.76 Å². The molecule has 0 aliphatic carbocycles. The predicted molar refractivity (Wildman–Crippen MR) is 74.7 cm³/mol. The predicted octanol–water partition coefficient (Wildman–Crippen LogP) is 2.33. The van der Waals surface area contributed by atoms with Crippen LogP contribution in [0, 0.1) is 6.92 Å². The van der Waals surface area contributed by atoms with Crippen molar-refractivity contribution in [1.82, 2.24) is 5.16 Å². The van der Waals surface area contributed by atoms with Crippen LogP contribution < -0.4 is 9.80 Å². The lowest BCUT2D eigenvalue weighted by atomic mass is 10.2. The van der Waals surface area contributed by atoms with Crippen LogP contribution in [0.15, 0.2) is 34.9 Å². The number of hydrogen-bond donors (Lipinski definition) is 0. The Morgan fingerprint density at radius 2 is 1.68 bits per heavy atom. The van der Waals surface area contributed by atoms with E-state index in [-0.39, 0.29) is 11.7 Å². The topological polar surface area (TPSA) is 49.6 Å². The molecule has 1 amide bonds. The molecule has 0 fully saturated rings. The number of carbonyl (C=O) groups is 1. The minimum atomic E-state index is -0.210. The van der Waals surface area contributed by atoms with Crippen LogP contribution in [0.1, 0.15) is 16.2 Å². The molecule has 0 atom stereocenters. The van der Waals surface area contributed by atoms with Gasteiger partial charge >= 0.3 is 0 Å². The molecule has 1 heterocycles. The molecule has 0 radical (unpaired) electrons. The van der Waals surface area contributed by atoms with Gasteiger partial charge in [-0.15, -0.1) is 0 Å². The molecule has 5 heteroatoms. The van der Waals surface area contributed by atoms with Gasteiger partial charge in [0.05, 0.1) is 5.69 Å². The SMILES string of the molecule is Cc1cc(C(=O)N(C)c2ccc(N(C)C)cc2)on1. The van der Waals surface area contributed by atoms with E-state index in [0.29, 0.717) is 5.69 Å². The number of benzene rings is 1. The van der Waals surface area contributed by atoms with E-state index in [1.165, 1.54) is 0 Å². The smallest absolute Gasteiger partial charge is 0.296 e. The molecule has 1 aromatic carbocycles. The summed E-state index contributed by atoms with van der Waals surface area (Å²) in [7, 11) is 5.66. The van der Waals surface area contributed by atoms with E-state index < -0.39 is 0 Å². The number of anilines is 2. The average molecular weight is 259 g/mol. The third-order valence-electron chi connectivity index (χ3n) is 2.90. The summed E-state index contributed by atoms with van der Waals surface area (Å²) in [5.74, 6) is 0.0369. The standard InChI is InChI=1S/C14H17N3O2/c1-10-9-13(19-15-10)14(18)17(4)12-7-5-11(6-8-12)16(2)3/h5-9H,1-4H3. The monoisotopic (exact) mass is 259 g/mol. The number of aromatic nitrogens is 1. The summed E-state index contributed by atoms with van der Waals surface area (Å²) in [6.07, 6.45) is 0. The summed E-state index contributed by atoms with van der Waals surface area (Å²) in [4.78, 5) is 15.7. The molecule has 19 heavy (non-hydrogen) atoms. The number of hydrogen-bond acceptors (Lipinski definition) is 4. The van der Waals surface area contributed by atoms with Crippen LogP contribution in [-0.2, 0) is 0 Å². The maximum absolute atomic E-state index is 12.2. The van der Waals surface area contributed by atoms with Gasteiger partial charge in [-0.25, -0.2) is 0 Å². The molecule has 2 aromatic rings. The zero-order valence-corrected chi connectivity index (χ0v) is 11.5. The van der Waals surface area contributed by atoms with E-state index in [9.17, 15) is 4.79 Å². The van der Waals surface area contributed by atoms with Crippen molar-refractivity contribution in [3.05, 3.63) is 41.8 Å². The highest BCUT2D eigenvalue weighted by atomic mass is 16.5. The van der Waals surface area contributed by atoms with Crippen LogP contribution in [0.4, 0.5) is 11.4 Å². The van der Waals surface area contributed by atoms with Crippen molar-refractivity contribution < 1.29 is 9.32 Å². The van der Waals surface area contributed by atoms with E-state index in [1.54, 1.807) is 24.9 Å². The van der Waals surface area contributed by atoms with Crippen LogP contribution in [0.2, 0.25) is 0 Å². The van der Waals surface area contributed by atoms with Crippen LogP contribution in [0.5, 0.6) is 0 Å². The minimum absolute atomic E-state index is 0.210. The maximum Gasteiger partial charge on any atom is 0.296 e. The fraction of sp³-hybridized carbons (Fsp3) is 0.286. The van der Waals surface area contributed by atoms with E-state index in [0.717, 1.165) is 11.4 Å². The van der Waals surface area contributed by atoms with Crippen molar-refractivity contribution in [2.45, 2.75) is 6.92 Å². The molecule has 0 aliphatic rings. The molecule has 0 bridgehead atoms. The third-order valence-corrected chi connectivity index (χ3v) is 2.90. The Kier molecular flexibility index (Phi) is 3.55. The van der Waals surface area contributed by atoms with Gasteiger partial charge < -0.3 is 14.3 Å². The molecule has 5 nitrogen and oxygen atoms in total. The van der Waals surface area contributed by atoms with Crippen molar-refractivity contribution in [2.75, 3.05) is 30.9 Å². The highest BCUT2D eigenvalue weighted by Gasteiger charge is 2.17. The Labute approximate surface area is 112 Å². The second-order valence-corrected chi connectivity index (χ2v) is 4.61. The Morgan fingerprint density at radius 1 is 1.11 bits per heavy atom. The molecule has 0 aliphatic heterocycles. The van der Waals surface area contributed by atoms with Crippen molar-refractivity contribution >= 4 is 17.3 Å². The molecule has 1 aromatic heterocycles. The summed E-state index contributed by atoms with van der Waals surface area (Å²) in [6, 6.07) is 9.36. The Morgan fingerprint density at radius 3 is 2.16 bits per heavy atom. The van der Waals surface area contributed by atoms with Gasteiger partial charge in [-0.05, 0) is 31.2 Å². The fourth-order valence-electron chi connectivity index (χ4n) is 1.72. The zero-order valence-electron chi connectivity index (χ0n) is 11.5. The number of carbonyl (C=O) groups excluding carboxylic acids is 1. The summed E-state index contributed by atoms with van der Waals surface area (Å²) < 4.78 is 4.98. The van der Waals surface area contributed by atoms with Gasteiger partial charge in [0.1, 0.15) is 0 Å². The first-order chi connectivity index (χ1) is 8.99. The zero-order chi connectivity index (χ0) is 14.0. The normalized spacial score (nSPS) is 10.3. The summed E-state index contributed by atoms with van der Waals surface area (Å²) >= 11 is 0. The van der Waals surface area contributed by atoms with Gasteiger partial charge in [0, 0.05) is 38.6 Å². The molecule has 0 saturated heterocycles. The van der Waals surface area contributed by atoms with Gasteiger partial charge in [-0.3, -0.25) is 4.79 Å². The Balaban J connectivity index is 2.19. The number of aryl methyl sites for hydroxylation is 1. The van der Waals surface area contributed by atoms with Crippen molar-refractivity contribution in [3.63, 3.8) is 0 Å². The van der Waals surface area contributed by atoms with Crippen LogP contribution in [0.3, 0.4) is 0 Å². The maximum atomic E-state index is 12.2. The summed E-state index contributed by atoms with van der Waals surface area (Å²) in [5.41, 5.74) is 2.59. The molecule has 0 N–H and O–H groups in total. The van der Waals surface area contributed by atoms with Gasteiger partial charge in [0.25, 0.3) is 5.91 Å². The van der Waals surface area contributed by atoms with E-state index in [4.69, 9.17) is 4.52 Å². The van der Waals surface area contributed by atoms with Crippen LogP contribution in [0.25, 0.3) is 0 Å². The second kappa shape index (κ2) is 5.14. The fourth-order valence-corrected chi connectivity index (χ4v) is 1.72. The Bertz CT molecular complexity index is 573. The largest absolute Gasteiger partial charge is 0.378 e. The van der Waals surface area contributed by atoms with E-state index in [1.807, 2.05) is 43.3 Å². The molecule has 0 spiro atoms. The summed E-state index contributed by atoms with van der Waals surface area (Å²) in [6.45, 7) is 1.78. The van der Waals surface area contributed by atoms with Crippen LogP contribution >= 0.6 is 0 Å². The van der Waals surface area contributed by atoms with E-state index >= 15 is 0 Å². The second-order valence-electron chi connectivity index (χ2n) is 4.61. The molecule has 2 rings (SSSR count). The van der Waals surface area contributed by atoms with Gasteiger partial charge in [-0.2, -0.15) is 0 Å². The van der Waals surface area contributed by atoms with Gasteiger partial charge in [0.15, 0.2) is 0 Å². The number of rotatable bonds is 3. The highest BCUT2D eigenvalue weighted by Crippen LogP contribution is 2.20. The lowest BCUT2D eigenvalue weighted by Crippen LogP contribution is -2.25. The highest BCUT2D eigenvalue weighted by molar-refractivity contribution is 6.03.